The molecule has 0 spiro atoms. The second-order valence-corrected chi connectivity index (χ2v) is 8.51. The van der Waals surface area contributed by atoms with Gasteiger partial charge in [0, 0.05) is 5.02 Å². The highest BCUT2D eigenvalue weighted by Gasteiger charge is 2.19. The molecule has 0 aliphatic carbocycles. The third-order valence-electron chi connectivity index (χ3n) is 3.94. The minimum absolute atomic E-state index is 0.0152. The van der Waals surface area contributed by atoms with Crippen molar-refractivity contribution in [1.29, 1.82) is 0 Å². The van der Waals surface area contributed by atoms with Crippen LogP contribution < -0.4 is 10.9 Å². The molecule has 29 heavy (non-hydrogen) atoms. The molecule has 0 fully saturated rings. The predicted octanol–water partition coefficient (Wildman–Crippen LogP) is 2.91. The zero-order valence-electron chi connectivity index (χ0n) is 15.1. The van der Waals surface area contributed by atoms with Gasteiger partial charge in [-0.15, -0.1) is 0 Å². The topological polar surface area (TPSA) is 105 Å². The van der Waals surface area contributed by atoms with Crippen molar-refractivity contribution in [2.24, 2.45) is 0 Å². The first-order valence-corrected chi connectivity index (χ1v) is 10.6. The Hall–Kier alpha value is -3.10. The molecular formula is C20H17ClN2O5S. The largest absolute Gasteiger partial charge is 0.455 e. The second-order valence-electron chi connectivity index (χ2n) is 6.11. The molecule has 2 aromatic carbocycles. The maximum absolute atomic E-state index is 12.4. The lowest BCUT2D eigenvalue weighted by molar-refractivity contribution is -0.121. The van der Waals surface area contributed by atoms with Gasteiger partial charge < -0.3 is 4.42 Å². The van der Waals surface area contributed by atoms with Crippen LogP contribution in [0.4, 0.5) is 0 Å². The average molecular weight is 433 g/mol. The van der Waals surface area contributed by atoms with Gasteiger partial charge in [0.2, 0.25) is 5.91 Å². The summed E-state index contributed by atoms with van der Waals surface area (Å²) in [5.74, 6) is -1.57. The highest BCUT2D eigenvalue weighted by atomic mass is 35.5. The van der Waals surface area contributed by atoms with E-state index in [0.717, 1.165) is 0 Å². The lowest BCUT2D eigenvalue weighted by atomic mass is 10.1. The van der Waals surface area contributed by atoms with Crippen molar-refractivity contribution < 1.29 is 22.4 Å². The standard InChI is InChI=1S/C20H17ClN2O5S/c21-17-9-5-4-6-14(17)12-19(24)22-23-20(25)18-11-10-15(28-18)13-29(26,27)16-7-2-1-3-8-16/h1-11H,12-13H2,(H,22,24)(H,23,25). The van der Waals surface area contributed by atoms with E-state index < -0.39 is 21.7 Å². The van der Waals surface area contributed by atoms with Crippen LogP contribution in [-0.4, -0.2) is 20.2 Å². The van der Waals surface area contributed by atoms with E-state index in [9.17, 15) is 18.0 Å². The Kier molecular flexibility index (Phi) is 6.36. The summed E-state index contributed by atoms with van der Waals surface area (Å²) >= 11 is 6.00. The molecule has 0 atom stereocenters. The Balaban J connectivity index is 1.57. The van der Waals surface area contributed by atoms with Crippen LogP contribution in [0.5, 0.6) is 0 Å². The Labute approximate surface area is 172 Å². The number of carbonyl (C=O) groups is 2. The predicted molar refractivity (Wildman–Crippen MR) is 107 cm³/mol. The summed E-state index contributed by atoms with van der Waals surface area (Å²) < 4.78 is 30.0. The summed E-state index contributed by atoms with van der Waals surface area (Å²) in [7, 11) is -3.60. The highest BCUT2D eigenvalue weighted by molar-refractivity contribution is 7.90. The quantitative estimate of drug-likeness (QED) is 0.582. The summed E-state index contributed by atoms with van der Waals surface area (Å²) in [5.41, 5.74) is 5.10. The van der Waals surface area contributed by atoms with Crippen LogP contribution in [0.15, 0.2) is 76.0 Å². The summed E-state index contributed by atoms with van der Waals surface area (Å²) in [4.78, 5) is 24.2. The van der Waals surface area contributed by atoms with Crippen LogP contribution in [-0.2, 0) is 26.8 Å². The number of carbonyl (C=O) groups excluding carboxylic acids is 2. The van der Waals surface area contributed by atoms with E-state index in [1.807, 2.05) is 0 Å². The van der Waals surface area contributed by atoms with Gasteiger partial charge >= 0.3 is 5.91 Å². The third-order valence-corrected chi connectivity index (χ3v) is 5.97. The number of amides is 2. The molecular weight excluding hydrogens is 416 g/mol. The van der Waals surface area contributed by atoms with E-state index in [2.05, 4.69) is 10.9 Å². The maximum atomic E-state index is 12.4. The van der Waals surface area contributed by atoms with E-state index in [-0.39, 0.29) is 28.6 Å². The van der Waals surface area contributed by atoms with Crippen LogP contribution in [0.3, 0.4) is 0 Å². The van der Waals surface area contributed by atoms with E-state index in [4.69, 9.17) is 16.0 Å². The average Bonchev–Trinajstić information content (AvgIpc) is 3.16. The number of nitrogens with one attached hydrogen (secondary N) is 2. The molecule has 9 heteroatoms. The van der Waals surface area contributed by atoms with E-state index >= 15 is 0 Å². The van der Waals surface area contributed by atoms with Crippen LogP contribution >= 0.6 is 11.6 Å². The fraction of sp³-hybridized carbons (Fsp3) is 0.100. The lowest BCUT2D eigenvalue weighted by Gasteiger charge is -2.07. The van der Waals surface area contributed by atoms with E-state index in [0.29, 0.717) is 10.6 Å². The molecule has 0 saturated heterocycles. The van der Waals surface area contributed by atoms with Crippen molar-refractivity contribution in [1.82, 2.24) is 10.9 Å². The molecule has 150 valence electrons. The van der Waals surface area contributed by atoms with Crippen LogP contribution in [0.25, 0.3) is 0 Å². The molecule has 0 aliphatic heterocycles. The van der Waals surface area contributed by atoms with E-state index in [1.54, 1.807) is 42.5 Å². The first-order valence-electron chi connectivity index (χ1n) is 8.54. The first kappa shape index (κ1) is 20.6. The molecule has 2 N–H and O–H groups in total. The molecule has 1 aromatic heterocycles. The van der Waals surface area contributed by atoms with Gasteiger partial charge in [-0.3, -0.25) is 20.4 Å². The minimum Gasteiger partial charge on any atom is -0.455 e. The highest BCUT2D eigenvalue weighted by Crippen LogP contribution is 2.18. The van der Waals surface area contributed by atoms with Gasteiger partial charge in [0.25, 0.3) is 0 Å². The fourth-order valence-electron chi connectivity index (χ4n) is 2.52. The summed E-state index contributed by atoms with van der Waals surface area (Å²) in [6, 6.07) is 17.5. The maximum Gasteiger partial charge on any atom is 0.305 e. The number of hydrogen-bond acceptors (Lipinski definition) is 5. The first-order chi connectivity index (χ1) is 13.8. The van der Waals surface area contributed by atoms with Crippen molar-refractivity contribution in [3.05, 3.63) is 88.8 Å². The minimum atomic E-state index is -3.60. The zero-order chi connectivity index (χ0) is 20.9. The Morgan fingerprint density at radius 1 is 0.897 bits per heavy atom. The molecule has 0 radical (unpaired) electrons. The Morgan fingerprint density at radius 2 is 1.59 bits per heavy atom. The number of hydrogen-bond donors (Lipinski definition) is 2. The summed E-state index contributed by atoms with van der Waals surface area (Å²) in [6.07, 6.45) is -0.0152. The number of furan rings is 1. The van der Waals surface area contributed by atoms with Crippen molar-refractivity contribution in [2.45, 2.75) is 17.1 Å². The number of benzene rings is 2. The van der Waals surface area contributed by atoms with Crippen molar-refractivity contribution in [2.75, 3.05) is 0 Å². The monoisotopic (exact) mass is 432 g/mol. The molecule has 3 rings (SSSR count). The van der Waals surface area contributed by atoms with Gasteiger partial charge in [-0.2, -0.15) is 0 Å². The molecule has 0 saturated carbocycles. The molecule has 7 nitrogen and oxygen atoms in total. The number of sulfone groups is 1. The van der Waals surface area contributed by atoms with Gasteiger partial charge in [-0.25, -0.2) is 8.42 Å². The van der Waals surface area contributed by atoms with Crippen LogP contribution in [0, 0.1) is 0 Å². The van der Waals surface area contributed by atoms with Gasteiger partial charge in [-0.1, -0.05) is 48.0 Å². The van der Waals surface area contributed by atoms with Crippen molar-refractivity contribution in [3.8, 4) is 0 Å². The van der Waals surface area contributed by atoms with Crippen molar-refractivity contribution >= 4 is 33.3 Å². The smallest absolute Gasteiger partial charge is 0.305 e. The van der Waals surface area contributed by atoms with Gasteiger partial charge in [0.05, 0.1) is 11.3 Å². The SMILES string of the molecule is O=C(Cc1ccccc1Cl)NNC(=O)c1ccc(CS(=O)(=O)c2ccccc2)o1. The fourth-order valence-corrected chi connectivity index (χ4v) is 3.99. The van der Waals surface area contributed by atoms with E-state index in [1.165, 1.54) is 24.3 Å². The lowest BCUT2D eigenvalue weighted by Crippen LogP contribution is -2.42. The molecule has 2 amide bonds. The second kappa shape index (κ2) is 8.93. The summed E-state index contributed by atoms with van der Waals surface area (Å²) in [5, 5.41) is 0.448. The number of halogens is 1. The third kappa shape index (κ3) is 5.46. The summed E-state index contributed by atoms with van der Waals surface area (Å²) in [6.45, 7) is 0. The number of rotatable bonds is 6. The zero-order valence-corrected chi connectivity index (χ0v) is 16.7. The van der Waals surface area contributed by atoms with Crippen LogP contribution in [0.1, 0.15) is 21.9 Å². The molecule has 0 aliphatic rings. The normalized spacial score (nSPS) is 11.1. The number of hydrazine groups is 1. The van der Waals surface area contributed by atoms with Gasteiger partial charge in [0.1, 0.15) is 11.5 Å². The molecule has 0 bridgehead atoms. The van der Waals surface area contributed by atoms with Crippen molar-refractivity contribution in [3.63, 3.8) is 0 Å². The Bertz CT molecular complexity index is 1130. The molecule has 3 aromatic rings. The molecule has 1 heterocycles. The van der Waals surface area contributed by atoms with Gasteiger partial charge in [0.15, 0.2) is 15.6 Å². The Morgan fingerprint density at radius 3 is 2.31 bits per heavy atom. The van der Waals surface area contributed by atoms with Crippen LogP contribution in [0.2, 0.25) is 5.02 Å². The molecule has 0 unspecified atom stereocenters. The van der Waals surface area contributed by atoms with Gasteiger partial charge in [-0.05, 0) is 35.9 Å².